The molecule has 8 heteroatoms. The van der Waals surface area contributed by atoms with Gasteiger partial charge in [-0.2, -0.15) is 13.2 Å². The highest BCUT2D eigenvalue weighted by atomic mass is 35.5. The maximum Gasteiger partial charge on any atom is 0.418 e. The molecule has 0 aliphatic rings. The van der Waals surface area contributed by atoms with E-state index in [2.05, 4.69) is 5.32 Å². The number of hydrogen-bond donors (Lipinski definition) is 1. The lowest BCUT2D eigenvalue weighted by molar-refractivity contribution is -0.137. The lowest BCUT2D eigenvalue weighted by Gasteiger charge is -2.13. The number of amides is 1. The molecule has 0 unspecified atom stereocenters. The van der Waals surface area contributed by atoms with Crippen LogP contribution < -0.4 is 5.32 Å². The molecule has 0 atom stereocenters. The van der Waals surface area contributed by atoms with Gasteiger partial charge in [0.25, 0.3) is 5.91 Å². The summed E-state index contributed by atoms with van der Waals surface area (Å²) in [6.07, 6.45) is -4.61. The molecule has 0 aliphatic heterocycles. The molecule has 0 bridgehead atoms. The molecule has 0 radical (unpaired) electrons. The second kappa shape index (κ2) is 7.35. The number of halogens is 4. The SMILES string of the molecule is O=C(COC(=O)c1cccc(Cl)c1)Nc1ccccc1C(F)(F)F. The molecule has 0 saturated heterocycles. The number of rotatable bonds is 4. The van der Waals surface area contributed by atoms with Crippen molar-refractivity contribution in [3.05, 3.63) is 64.7 Å². The van der Waals surface area contributed by atoms with E-state index < -0.39 is 35.9 Å². The Bertz CT molecular complexity index is 762. The monoisotopic (exact) mass is 357 g/mol. The summed E-state index contributed by atoms with van der Waals surface area (Å²) < 4.78 is 43.2. The highest BCUT2D eigenvalue weighted by Gasteiger charge is 2.33. The molecule has 0 spiro atoms. The summed E-state index contributed by atoms with van der Waals surface area (Å²) in [7, 11) is 0. The van der Waals surface area contributed by atoms with E-state index in [0.717, 1.165) is 12.1 Å². The number of carbonyl (C=O) groups excluding carboxylic acids is 2. The van der Waals surface area contributed by atoms with Crippen molar-refractivity contribution in [1.29, 1.82) is 0 Å². The van der Waals surface area contributed by atoms with Crippen molar-refractivity contribution in [3.8, 4) is 0 Å². The molecule has 2 aromatic rings. The maximum atomic E-state index is 12.8. The Morgan fingerprint density at radius 1 is 1.08 bits per heavy atom. The zero-order chi connectivity index (χ0) is 17.7. The van der Waals surface area contributed by atoms with E-state index in [1.807, 2.05) is 0 Å². The summed E-state index contributed by atoms with van der Waals surface area (Å²) in [6.45, 7) is -0.725. The molecule has 2 rings (SSSR count). The topological polar surface area (TPSA) is 55.4 Å². The van der Waals surface area contributed by atoms with Gasteiger partial charge >= 0.3 is 12.1 Å². The summed E-state index contributed by atoms with van der Waals surface area (Å²) in [4.78, 5) is 23.5. The van der Waals surface area contributed by atoms with Crippen molar-refractivity contribution in [2.45, 2.75) is 6.18 Å². The van der Waals surface area contributed by atoms with Crippen LogP contribution in [0.5, 0.6) is 0 Å². The quantitative estimate of drug-likeness (QED) is 0.836. The molecule has 126 valence electrons. The van der Waals surface area contributed by atoms with Crippen molar-refractivity contribution in [2.24, 2.45) is 0 Å². The molecule has 1 N–H and O–H groups in total. The van der Waals surface area contributed by atoms with E-state index in [9.17, 15) is 22.8 Å². The number of para-hydroxylation sites is 1. The van der Waals surface area contributed by atoms with Crippen LogP contribution in [0.2, 0.25) is 5.02 Å². The number of esters is 1. The Labute approximate surface area is 140 Å². The first-order valence-corrected chi connectivity index (χ1v) is 7.04. The molecule has 0 heterocycles. The van der Waals surface area contributed by atoms with Gasteiger partial charge in [-0.3, -0.25) is 4.79 Å². The van der Waals surface area contributed by atoms with Gasteiger partial charge < -0.3 is 10.1 Å². The molecule has 0 aliphatic carbocycles. The number of ether oxygens (including phenoxy) is 1. The number of anilines is 1. The number of alkyl halides is 3. The van der Waals surface area contributed by atoms with Crippen molar-refractivity contribution in [1.82, 2.24) is 0 Å². The van der Waals surface area contributed by atoms with Gasteiger partial charge in [0.15, 0.2) is 6.61 Å². The van der Waals surface area contributed by atoms with Gasteiger partial charge in [-0.1, -0.05) is 29.8 Å². The minimum absolute atomic E-state index is 0.131. The van der Waals surface area contributed by atoms with Crippen molar-refractivity contribution >= 4 is 29.2 Å². The summed E-state index contributed by atoms with van der Waals surface area (Å²) in [5, 5.41) is 2.39. The van der Waals surface area contributed by atoms with Crippen molar-refractivity contribution < 1.29 is 27.5 Å². The van der Waals surface area contributed by atoms with E-state index in [4.69, 9.17) is 16.3 Å². The predicted octanol–water partition coefficient (Wildman–Crippen LogP) is 4.15. The van der Waals surface area contributed by atoms with Crippen LogP contribution in [-0.4, -0.2) is 18.5 Å². The van der Waals surface area contributed by atoms with Gasteiger partial charge in [0, 0.05) is 5.02 Å². The van der Waals surface area contributed by atoms with Gasteiger partial charge in [-0.15, -0.1) is 0 Å². The second-order valence-electron chi connectivity index (χ2n) is 4.68. The average molecular weight is 358 g/mol. The van der Waals surface area contributed by atoms with Gasteiger partial charge in [-0.25, -0.2) is 4.79 Å². The number of carbonyl (C=O) groups is 2. The molecule has 1 amide bonds. The molecule has 0 aromatic heterocycles. The largest absolute Gasteiger partial charge is 0.452 e. The van der Waals surface area contributed by atoms with Crippen LogP contribution in [0.25, 0.3) is 0 Å². The first kappa shape index (κ1) is 17.8. The average Bonchev–Trinajstić information content (AvgIpc) is 2.52. The molecule has 24 heavy (non-hydrogen) atoms. The fraction of sp³-hybridized carbons (Fsp3) is 0.125. The van der Waals surface area contributed by atoms with E-state index >= 15 is 0 Å². The van der Waals surface area contributed by atoms with Crippen LogP contribution in [-0.2, 0) is 15.7 Å². The number of hydrogen-bond acceptors (Lipinski definition) is 3. The fourth-order valence-corrected chi connectivity index (χ4v) is 2.05. The lowest BCUT2D eigenvalue weighted by atomic mass is 10.1. The Morgan fingerprint density at radius 2 is 1.79 bits per heavy atom. The Balaban J connectivity index is 1.98. The summed E-state index contributed by atoms with van der Waals surface area (Å²) in [5.74, 6) is -1.70. The van der Waals surface area contributed by atoms with Crippen molar-refractivity contribution in [3.63, 3.8) is 0 Å². The maximum absolute atomic E-state index is 12.8. The third-order valence-corrected chi connectivity index (χ3v) is 3.14. The molecule has 0 fully saturated rings. The third kappa shape index (κ3) is 4.73. The van der Waals surface area contributed by atoms with E-state index in [1.54, 1.807) is 6.07 Å². The van der Waals surface area contributed by atoms with Gasteiger partial charge in [0.2, 0.25) is 0 Å². The van der Waals surface area contributed by atoms with Crippen LogP contribution in [0.4, 0.5) is 18.9 Å². The minimum atomic E-state index is -4.61. The van der Waals surface area contributed by atoms with Crippen LogP contribution in [0.3, 0.4) is 0 Å². The Kier molecular flexibility index (Phi) is 5.46. The first-order valence-electron chi connectivity index (χ1n) is 6.66. The zero-order valence-corrected chi connectivity index (χ0v) is 12.8. The smallest absolute Gasteiger partial charge is 0.418 e. The van der Waals surface area contributed by atoms with Gasteiger partial charge in [0.1, 0.15) is 0 Å². The second-order valence-corrected chi connectivity index (χ2v) is 5.11. The highest BCUT2D eigenvalue weighted by Crippen LogP contribution is 2.34. The lowest BCUT2D eigenvalue weighted by Crippen LogP contribution is -2.22. The van der Waals surface area contributed by atoms with Crippen LogP contribution in [0.15, 0.2) is 48.5 Å². The van der Waals surface area contributed by atoms with Crippen molar-refractivity contribution in [2.75, 3.05) is 11.9 Å². The number of nitrogens with one attached hydrogen (secondary N) is 1. The fourth-order valence-electron chi connectivity index (χ4n) is 1.86. The highest BCUT2D eigenvalue weighted by molar-refractivity contribution is 6.30. The molecule has 2 aromatic carbocycles. The summed E-state index contributed by atoms with van der Waals surface area (Å²) >= 11 is 5.73. The van der Waals surface area contributed by atoms with E-state index in [1.165, 1.54) is 30.3 Å². The van der Waals surface area contributed by atoms with E-state index in [0.29, 0.717) is 5.02 Å². The molecule has 4 nitrogen and oxygen atoms in total. The minimum Gasteiger partial charge on any atom is -0.452 e. The zero-order valence-electron chi connectivity index (χ0n) is 12.1. The summed E-state index contributed by atoms with van der Waals surface area (Å²) in [6, 6.07) is 10.4. The molecular weight excluding hydrogens is 347 g/mol. The van der Waals surface area contributed by atoms with Crippen LogP contribution in [0, 0.1) is 0 Å². The van der Waals surface area contributed by atoms with Gasteiger partial charge in [-0.05, 0) is 30.3 Å². The van der Waals surface area contributed by atoms with Gasteiger partial charge in [0.05, 0.1) is 16.8 Å². The van der Waals surface area contributed by atoms with E-state index in [-0.39, 0.29) is 5.56 Å². The molecule has 0 saturated carbocycles. The third-order valence-electron chi connectivity index (χ3n) is 2.90. The van der Waals surface area contributed by atoms with Crippen LogP contribution in [0.1, 0.15) is 15.9 Å². The predicted molar refractivity (Wildman–Crippen MR) is 81.8 cm³/mol. The number of benzene rings is 2. The molecular formula is C16H11ClF3NO3. The Hall–Kier alpha value is -2.54. The van der Waals surface area contributed by atoms with Crippen LogP contribution >= 0.6 is 11.6 Å². The first-order chi connectivity index (χ1) is 11.3. The standard InChI is InChI=1S/C16H11ClF3NO3/c17-11-5-3-4-10(8-11)15(23)24-9-14(22)21-13-7-2-1-6-12(13)16(18,19)20/h1-8H,9H2,(H,21,22). The Morgan fingerprint density at radius 3 is 2.46 bits per heavy atom. The summed E-state index contributed by atoms with van der Waals surface area (Å²) in [5.41, 5.74) is -1.26. The normalized spacial score (nSPS) is 11.0.